The maximum atomic E-state index is 12.2. The standard InChI is InChI=1S/C19H22N2O6S/c1-26-19(25)16-7-6-15(28-16)18(24)21-12-13-2-4-14(5-3-13)17(23)20-8-10-27-11-9-22/h2-7,22H,8-12H2,1H3,(H,20,23)(H,21,24). The van der Waals surface area contributed by atoms with Gasteiger partial charge in [0.15, 0.2) is 0 Å². The predicted octanol–water partition coefficient (Wildman–Crippen LogP) is 1.20. The van der Waals surface area contributed by atoms with Crippen LogP contribution < -0.4 is 10.6 Å². The number of nitrogens with one attached hydrogen (secondary N) is 2. The van der Waals surface area contributed by atoms with E-state index in [9.17, 15) is 14.4 Å². The number of carbonyl (C=O) groups excluding carboxylic acids is 3. The van der Waals surface area contributed by atoms with Gasteiger partial charge in [-0.1, -0.05) is 12.1 Å². The summed E-state index contributed by atoms with van der Waals surface area (Å²) < 4.78 is 9.69. The minimum atomic E-state index is -0.474. The fourth-order valence-corrected chi connectivity index (χ4v) is 3.06. The normalized spacial score (nSPS) is 10.4. The van der Waals surface area contributed by atoms with Gasteiger partial charge >= 0.3 is 5.97 Å². The van der Waals surface area contributed by atoms with Crippen molar-refractivity contribution in [2.45, 2.75) is 6.54 Å². The van der Waals surface area contributed by atoms with Gasteiger partial charge in [-0.3, -0.25) is 9.59 Å². The molecule has 0 aliphatic rings. The summed E-state index contributed by atoms with van der Waals surface area (Å²) in [5.74, 6) is -0.986. The molecule has 0 bridgehead atoms. The second-order valence-electron chi connectivity index (χ2n) is 5.63. The zero-order valence-corrected chi connectivity index (χ0v) is 16.2. The fourth-order valence-electron chi connectivity index (χ4n) is 2.22. The Morgan fingerprint density at radius 2 is 1.68 bits per heavy atom. The maximum absolute atomic E-state index is 12.2. The summed E-state index contributed by atoms with van der Waals surface area (Å²) in [7, 11) is 1.29. The van der Waals surface area contributed by atoms with Crippen molar-refractivity contribution < 1.29 is 29.0 Å². The van der Waals surface area contributed by atoms with Crippen molar-refractivity contribution in [3.05, 3.63) is 57.3 Å². The van der Waals surface area contributed by atoms with Crippen LogP contribution in [-0.2, 0) is 16.0 Å². The average Bonchev–Trinajstić information content (AvgIpc) is 3.22. The Morgan fingerprint density at radius 3 is 2.36 bits per heavy atom. The highest BCUT2D eigenvalue weighted by Gasteiger charge is 2.14. The molecule has 8 nitrogen and oxygen atoms in total. The average molecular weight is 406 g/mol. The number of esters is 1. The lowest BCUT2D eigenvalue weighted by atomic mass is 10.1. The lowest BCUT2D eigenvalue weighted by Gasteiger charge is -2.07. The lowest BCUT2D eigenvalue weighted by Crippen LogP contribution is -2.27. The molecule has 28 heavy (non-hydrogen) atoms. The highest BCUT2D eigenvalue weighted by molar-refractivity contribution is 7.15. The number of thiophene rings is 1. The second-order valence-corrected chi connectivity index (χ2v) is 6.71. The van der Waals surface area contributed by atoms with Crippen molar-refractivity contribution in [2.24, 2.45) is 0 Å². The third-order valence-corrected chi connectivity index (χ3v) is 4.72. The van der Waals surface area contributed by atoms with E-state index in [1.165, 1.54) is 7.11 Å². The Labute approximate surface area is 166 Å². The van der Waals surface area contributed by atoms with Crippen LogP contribution in [-0.4, -0.2) is 56.4 Å². The summed E-state index contributed by atoms with van der Waals surface area (Å²) in [5.41, 5.74) is 1.33. The van der Waals surface area contributed by atoms with Crippen LogP contribution in [0.4, 0.5) is 0 Å². The van der Waals surface area contributed by atoms with Gasteiger partial charge in [0.05, 0.1) is 31.8 Å². The zero-order chi connectivity index (χ0) is 20.4. The van der Waals surface area contributed by atoms with E-state index in [-0.39, 0.29) is 25.0 Å². The Kier molecular flexibility index (Phi) is 8.60. The first-order valence-electron chi connectivity index (χ1n) is 8.57. The summed E-state index contributed by atoms with van der Waals surface area (Å²) in [6, 6.07) is 9.98. The van der Waals surface area contributed by atoms with Gasteiger partial charge in [-0.05, 0) is 29.8 Å². The highest BCUT2D eigenvalue weighted by atomic mass is 32.1. The molecule has 0 atom stereocenters. The van der Waals surface area contributed by atoms with E-state index in [1.807, 2.05) is 0 Å². The van der Waals surface area contributed by atoms with E-state index in [4.69, 9.17) is 9.84 Å². The number of ether oxygens (including phenoxy) is 2. The van der Waals surface area contributed by atoms with Crippen LogP contribution >= 0.6 is 11.3 Å². The molecule has 1 heterocycles. The molecular formula is C19H22N2O6S. The third kappa shape index (κ3) is 6.45. The first-order chi connectivity index (χ1) is 13.5. The molecule has 0 aliphatic heterocycles. The summed E-state index contributed by atoms with van der Waals surface area (Å²) in [6.07, 6.45) is 0. The van der Waals surface area contributed by atoms with Gasteiger partial charge in [0.25, 0.3) is 11.8 Å². The predicted molar refractivity (Wildman–Crippen MR) is 104 cm³/mol. The quantitative estimate of drug-likeness (QED) is 0.404. The van der Waals surface area contributed by atoms with Crippen LogP contribution in [0.25, 0.3) is 0 Å². The Balaban J connectivity index is 1.80. The molecule has 0 unspecified atom stereocenters. The van der Waals surface area contributed by atoms with Gasteiger partial charge in [0.1, 0.15) is 4.88 Å². The molecule has 9 heteroatoms. The number of aliphatic hydroxyl groups is 1. The number of aliphatic hydroxyl groups excluding tert-OH is 1. The van der Waals surface area contributed by atoms with E-state index in [0.717, 1.165) is 16.9 Å². The number of benzene rings is 1. The number of hydrogen-bond acceptors (Lipinski definition) is 7. The molecule has 2 aromatic rings. The van der Waals surface area contributed by atoms with Crippen LogP contribution in [0.15, 0.2) is 36.4 Å². The van der Waals surface area contributed by atoms with Crippen molar-refractivity contribution in [3.63, 3.8) is 0 Å². The van der Waals surface area contributed by atoms with Gasteiger partial charge in [-0.15, -0.1) is 11.3 Å². The van der Waals surface area contributed by atoms with Crippen LogP contribution in [0.2, 0.25) is 0 Å². The van der Waals surface area contributed by atoms with Gasteiger partial charge in [-0.2, -0.15) is 0 Å². The fraction of sp³-hybridized carbons (Fsp3) is 0.316. The zero-order valence-electron chi connectivity index (χ0n) is 15.4. The van der Waals surface area contributed by atoms with E-state index in [0.29, 0.717) is 35.0 Å². The Bertz CT molecular complexity index is 803. The number of amides is 2. The van der Waals surface area contributed by atoms with Crippen molar-refractivity contribution in [1.82, 2.24) is 10.6 Å². The molecule has 1 aromatic heterocycles. The smallest absolute Gasteiger partial charge is 0.348 e. The van der Waals surface area contributed by atoms with E-state index >= 15 is 0 Å². The summed E-state index contributed by atoms with van der Waals surface area (Å²) in [6.45, 7) is 1.17. The molecule has 2 amide bonds. The number of carbonyl (C=O) groups is 3. The minimum absolute atomic E-state index is 0.0507. The Hall–Kier alpha value is -2.75. The number of methoxy groups -OCH3 is 1. The highest BCUT2D eigenvalue weighted by Crippen LogP contribution is 2.17. The molecule has 0 spiro atoms. The molecule has 0 aliphatic carbocycles. The molecule has 1 aromatic carbocycles. The molecule has 150 valence electrons. The van der Waals surface area contributed by atoms with E-state index in [1.54, 1.807) is 36.4 Å². The molecule has 0 radical (unpaired) electrons. The van der Waals surface area contributed by atoms with Crippen molar-refractivity contribution >= 4 is 29.1 Å². The maximum Gasteiger partial charge on any atom is 0.348 e. The van der Waals surface area contributed by atoms with E-state index < -0.39 is 5.97 Å². The third-order valence-electron chi connectivity index (χ3n) is 3.65. The number of hydrogen-bond donors (Lipinski definition) is 3. The molecule has 0 saturated carbocycles. The first-order valence-corrected chi connectivity index (χ1v) is 9.39. The SMILES string of the molecule is COC(=O)c1ccc(C(=O)NCc2ccc(C(=O)NCCOCCO)cc2)s1. The molecule has 3 N–H and O–H groups in total. The van der Waals surface area contributed by atoms with Gasteiger partial charge in [0.2, 0.25) is 0 Å². The van der Waals surface area contributed by atoms with Crippen LogP contribution in [0.3, 0.4) is 0 Å². The molecular weight excluding hydrogens is 384 g/mol. The monoisotopic (exact) mass is 406 g/mol. The van der Waals surface area contributed by atoms with Crippen LogP contribution in [0, 0.1) is 0 Å². The number of rotatable bonds is 10. The first kappa shape index (κ1) is 21.5. The lowest BCUT2D eigenvalue weighted by molar-refractivity contribution is 0.0606. The van der Waals surface area contributed by atoms with Crippen molar-refractivity contribution in [2.75, 3.05) is 33.5 Å². The largest absolute Gasteiger partial charge is 0.465 e. The van der Waals surface area contributed by atoms with Gasteiger partial charge in [-0.25, -0.2) is 4.79 Å². The van der Waals surface area contributed by atoms with Crippen LogP contribution in [0.1, 0.15) is 35.3 Å². The molecule has 0 saturated heterocycles. The molecule has 2 rings (SSSR count). The summed E-state index contributed by atoms with van der Waals surface area (Å²) in [5, 5.41) is 14.1. The van der Waals surface area contributed by atoms with Crippen molar-refractivity contribution in [3.8, 4) is 0 Å². The van der Waals surface area contributed by atoms with E-state index in [2.05, 4.69) is 15.4 Å². The molecule has 0 fully saturated rings. The summed E-state index contributed by atoms with van der Waals surface area (Å²) in [4.78, 5) is 36.4. The Morgan fingerprint density at radius 1 is 0.964 bits per heavy atom. The summed E-state index contributed by atoms with van der Waals surface area (Å²) >= 11 is 1.06. The minimum Gasteiger partial charge on any atom is -0.465 e. The topological polar surface area (TPSA) is 114 Å². The second kappa shape index (κ2) is 11.2. The van der Waals surface area contributed by atoms with Gasteiger partial charge in [0, 0.05) is 18.7 Å². The van der Waals surface area contributed by atoms with Crippen LogP contribution in [0.5, 0.6) is 0 Å². The van der Waals surface area contributed by atoms with Gasteiger partial charge < -0.3 is 25.2 Å². The van der Waals surface area contributed by atoms with Crippen molar-refractivity contribution in [1.29, 1.82) is 0 Å².